The van der Waals surface area contributed by atoms with E-state index in [0.717, 1.165) is 56.4 Å². The molecule has 2 aromatic rings. The molecule has 0 saturated carbocycles. The summed E-state index contributed by atoms with van der Waals surface area (Å²) in [5.41, 5.74) is 4.35. The average Bonchev–Trinajstić information content (AvgIpc) is 3.11. The smallest absolute Gasteiger partial charge is 0.0985 e. The number of aromatic nitrogens is 3. The molecule has 2 saturated heterocycles. The summed E-state index contributed by atoms with van der Waals surface area (Å²) in [6.07, 6.45) is 1.08. The topological polar surface area (TPSA) is 52.4 Å². The molecule has 2 aromatic heterocycles. The molecule has 4 heterocycles. The van der Waals surface area contributed by atoms with Gasteiger partial charge in [-0.2, -0.15) is 5.10 Å². The molecular formula is C20H28N4O2. The van der Waals surface area contributed by atoms with Crippen molar-refractivity contribution < 1.29 is 9.47 Å². The van der Waals surface area contributed by atoms with Gasteiger partial charge in [-0.15, -0.1) is 0 Å². The maximum absolute atomic E-state index is 6.15. The minimum atomic E-state index is -0.0202. The zero-order valence-corrected chi connectivity index (χ0v) is 15.9. The van der Waals surface area contributed by atoms with E-state index < -0.39 is 0 Å². The van der Waals surface area contributed by atoms with E-state index in [1.54, 1.807) is 0 Å². The fourth-order valence-corrected chi connectivity index (χ4v) is 4.22. The first-order valence-corrected chi connectivity index (χ1v) is 9.40. The van der Waals surface area contributed by atoms with Crippen LogP contribution in [0.4, 0.5) is 0 Å². The Balaban J connectivity index is 1.28. The zero-order valence-electron chi connectivity index (χ0n) is 15.9. The molecule has 1 spiro atoms. The van der Waals surface area contributed by atoms with E-state index in [2.05, 4.69) is 21.0 Å². The Morgan fingerprint density at radius 1 is 1.27 bits per heavy atom. The first kappa shape index (κ1) is 17.6. The van der Waals surface area contributed by atoms with Crippen LogP contribution >= 0.6 is 0 Å². The van der Waals surface area contributed by atoms with Gasteiger partial charge in [0.2, 0.25) is 0 Å². The van der Waals surface area contributed by atoms with Crippen LogP contribution in [0.1, 0.15) is 29.2 Å². The van der Waals surface area contributed by atoms with Crippen molar-refractivity contribution in [1.29, 1.82) is 0 Å². The third-order valence-corrected chi connectivity index (χ3v) is 5.58. The fraction of sp³-hybridized carbons (Fsp3) is 0.600. The minimum Gasteiger partial charge on any atom is -0.375 e. The predicted molar refractivity (Wildman–Crippen MR) is 98.6 cm³/mol. The Labute approximate surface area is 155 Å². The van der Waals surface area contributed by atoms with Crippen LogP contribution < -0.4 is 0 Å². The largest absolute Gasteiger partial charge is 0.375 e. The monoisotopic (exact) mass is 356 g/mol. The van der Waals surface area contributed by atoms with Crippen molar-refractivity contribution in [2.75, 3.05) is 26.3 Å². The quantitative estimate of drug-likeness (QED) is 0.795. The highest BCUT2D eigenvalue weighted by Crippen LogP contribution is 2.40. The number of aryl methyl sites for hydroxylation is 3. The van der Waals surface area contributed by atoms with Gasteiger partial charge in [-0.1, -0.05) is 6.07 Å². The number of hydrogen-bond donors (Lipinski definition) is 0. The van der Waals surface area contributed by atoms with Crippen LogP contribution in [0.15, 0.2) is 24.3 Å². The van der Waals surface area contributed by atoms with E-state index in [9.17, 15) is 0 Å². The summed E-state index contributed by atoms with van der Waals surface area (Å²) in [6, 6.07) is 8.23. The van der Waals surface area contributed by atoms with Crippen LogP contribution in [-0.2, 0) is 29.7 Å². The van der Waals surface area contributed by atoms with Crippen molar-refractivity contribution in [2.45, 2.75) is 39.0 Å². The molecule has 6 heteroatoms. The molecule has 0 aliphatic carbocycles. The molecule has 1 atom stereocenters. The molecular weight excluding hydrogens is 328 g/mol. The zero-order chi connectivity index (χ0) is 18.1. The molecule has 0 N–H and O–H groups in total. The summed E-state index contributed by atoms with van der Waals surface area (Å²) in [6.45, 7) is 9.11. The van der Waals surface area contributed by atoms with E-state index in [0.29, 0.717) is 12.5 Å². The predicted octanol–water partition coefficient (Wildman–Crippen LogP) is 2.24. The average molecular weight is 356 g/mol. The molecule has 0 radical (unpaired) electrons. The van der Waals surface area contributed by atoms with Crippen LogP contribution in [0.25, 0.3) is 0 Å². The standard InChI is InChI=1S/C20H28N4O2/c1-15-5-4-6-18(21-15)12-25-11-17-7-8-26-20(17)13-24(14-20)10-19-9-16(2)22-23(19)3/h4-6,9,17H,7-8,10-14H2,1-3H3. The van der Waals surface area contributed by atoms with Crippen molar-refractivity contribution in [2.24, 2.45) is 13.0 Å². The number of pyridine rings is 1. The van der Waals surface area contributed by atoms with E-state index >= 15 is 0 Å². The van der Waals surface area contributed by atoms with Gasteiger partial charge in [0.15, 0.2) is 0 Å². The van der Waals surface area contributed by atoms with Crippen molar-refractivity contribution in [1.82, 2.24) is 19.7 Å². The number of likely N-dealkylation sites (tertiary alicyclic amines) is 1. The number of hydrogen-bond acceptors (Lipinski definition) is 5. The van der Waals surface area contributed by atoms with Crippen LogP contribution in [0.3, 0.4) is 0 Å². The summed E-state index contributed by atoms with van der Waals surface area (Å²) in [5, 5.41) is 4.43. The van der Waals surface area contributed by atoms with Gasteiger partial charge in [-0.05, 0) is 38.5 Å². The van der Waals surface area contributed by atoms with Gasteiger partial charge in [0.1, 0.15) is 0 Å². The first-order valence-electron chi connectivity index (χ1n) is 9.40. The van der Waals surface area contributed by atoms with Crippen molar-refractivity contribution in [3.05, 3.63) is 47.0 Å². The van der Waals surface area contributed by atoms with E-state index in [-0.39, 0.29) is 5.60 Å². The van der Waals surface area contributed by atoms with Gasteiger partial charge in [-0.25, -0.2) is 0 Å². The van der Waals surface area contributed by atoms with E-state index in [4.69, 9.17) is 9.47 Å². The SMILES string of the molecule is Cc1cccc(COCC2CCOC23CN(Cc2cc(C)nn2C)C3)n1. The van der Waals surface area contributed by atoms with Gasteiger partial charge in [0.05, 0.1) is 35.9 Å². The lowest BCUT2D eigenvalue weighted by molar-refractivity contribution is -0.147. The molecule has 4 rings (SSSR count). The molecule has 2 fully saturated rings. The highest BCUT2D eigenvalue weighted by Gasteiger charge is 2.52. The lowest BCUT2D eigenvalue weighted by Gasteiger charge is -2.50. The summed E-state index contributed by atoms with van der Waals surface area (Å²) in [5.74, 6) is 0.469. The molecule has 2 aliphatic heterocycles. The fourth-order valence-electron chi connectivity index (χ4n) is 4.22. The minimum absolute atomic E-state index is 0.0202. The maximum atomic E-state index is 6.15. The third-order valence-electron chi connectivity index (χ3n) is 5.58. The van der Waals surface area contributed by atoms with E-state index in [1.807, 2.05) is 43.8 Å². The molecule has 0 bridgehead atoms. The first-order chi connectivity index (χ1) is 12.5. The van der Waals surface area contributed by atoms with Crippen LogP contribution in [-0.4, -0.2) is 51.6 Å². The van der Waals surface area contributed by atoms with Gasteiger partial charge in [0.25, 0.3) is 0 Å². The summed E-state index contributed by atoms with van der Waals surface area (Å²) in [4.78, 5) is 6.95. The highest BCUT2D eigenvalue weighted by molar-refractivity contribution is 5.12. The van der Waals surface area contributed by atoms with E-state index in [1.165, 1.54) is 5.69 Å². The third kappa shape index (κ3) is 3.54. The van der Waals surface area contributed by atoms with Gasteiger partial charge in [-0.3, -0.25) is 14.6 Å². The lowest BCUT2D eigenvalue weighted by Crippen LogP contribution is -2.64. The Morgan fingerprint density at radius 2 is 2.12 bits per heavy atom. The van der Waals surface area contributed by atoms with Crippen molar-refractivity contribution in [3.63, 3.8) is 0 Å². The molecule has 0 amide bonds. The number of rotatable bonds is 6. The number of ether oxygens (including phenoxy) is 2. The lowest BCUT2D eigenvalue weighted by atomic mass is 9.81. The maximum Gasteiger partial charge on any atom is 0.0985 e. The van der Waals surface area contributed by atoms with Gasteiger partial charge < -0.3 is 9.47 Å². The normalized spacial score (nSPS) is 22.0. The Bertz CT molecular complexity index is 767. The van der Waals surface area contributed by atoms with Crippen LogP contribution in [0.5, 0.6) is 0 Å². The highest BCUT2D eigenvalue weighted by atomic mass is 16.5. The van der Waals surface area contributed by atoms with Crippen LogP contribution in [0, 0.1) is 19.8 Å². The number of nitrogens with zero attached hydrogens (tertiary/aromatic N) is 4. The molecule has 140 valence electrons. The molecule has 1 unspecified atom stereocenters. The second-order valence-corrected chi connectivity index (χ2v) is 7.73. The van der Waals surface area contributed by atoms with Gasteiger partial charge in [0, 0.05) is 44.9 Å². The van der Waals surface area contributed by atoms with Crippen molar-refractivity contribution in [3.8, 4) is 0 Å². The summed E-state index contributed by atoms with van der Waals surface area (Å²) in [7, 11) is 2.01. The Kier molecular flexibility index (Phi) is 4.82. The molecule has 26 heavy (non-hydrogen) atoms. The molecule has 0 aromatic carbocycles. The van der Waals surface area contributed by atoms with Crippen LogP contribution in [0.2, 0.25) is 0 Å². The van der Waals surface area contributed by atoms with Crippen molar-refractivity contribution >= 4 is 0 Å². The Morgan fingerprint density at radius 3 is 2.85 bits per heavy atom. The summed E-state index contributed by atoms with van der Waals surface area (Å²) >= 11 is 0. The Hall–Kier alpha value is -1.76. The molecule has 6 nitrogen and oxygen atoms in total. The summed E-state index contributed by atoms with van der Waals surface area (Å²) < 4.78 is 14.1. The second kappa shape index (κ2) is 7.10. The second-order valence-electron chi connectivity index (χ2n) is 7.73. The molecule has 2 aliphatic rings. The van der Waals surface area contributed by atoms with Gasteiger partial charge >= 0.3 is 0 Å².